The van der Waals surface area contributed by atoms with Gasteiger partial charge in [0.2, 0.25) is 0 Å². The monoisotopic (exact) mass is 1090 g/mol. The van der Waals surface area contributed by atoms with E-state index in [2.05, 4.69) is 57.2 Å². The van der Waals surface area contributed by atoms with E-state index in [0.717, 1.165) is 38.5 Å². The van der Waals surface area contributed by atoms with Crippen molar-refractivity contribution in [3.05, 3.63) is 36.5 Å². The van der Waals surface area contributed by atoms with Crippen LogP contribution in [0.15, 0.2) is 36.5 Å². The molecular weight excluding hydrogens is 979 g/mol. The van der Waals surface area contributed by atoms with E-state index in [-0.39, 0.29) is 57.4 Å². The molecule has 1 radical (unpaired) electrons. The summed E-state index contributed by atoms with van der Waals surface area (Å²) in [4.78, 5) is 30.7. The zero-order valence-corrected chi connectivity index (χ0v) is 46.7. The standard InChI is InChI=1S/3C20H38O2.Dy/c3*1-2-3-4-5-6-7-8-9-10-11-12-13-14-15-16-17-18-19-20(21)22;/h3*9-10H,2-8,11-19H2,1H3,(H,21,22);/q;;;+3/p-3/b3*10-9-;. The van der Waals surface area contributed by atoms with Crippen molar-refractivity contribution in [2.75, 3.05) is 0 Å². The maximum atomic E-state index is 10.2. The largest absolute Gasteiger partial charge is 3.00 e. The van der Waals surface area contributed by atoms with Crippen molar-refractivity contribution in [1.82, 2.24) is 0 Å². The van der Waals surface area contributed by atoms with Crippen molar-refractivity contribution in [3.63, 3.8) is 0 Å². The number of unbranched alkanes of at least 4 members (excludes halogenated alkanes) is 39. The Kier molecular flexibility index (Phi) is 74.8. The Morgan fingerprint density at radius 1 is 0.239 bits per heavy atom. The van der Waals surface area contributed by atoms with E-state index in [4.69, 9.17) is 0 Å². The van der Waals surface area contributed by atoms with E-state index in [1.165, 1.54) is 250 Å². The van der Waals surface area contributed by atoms with Gasteiger partial charge in [0, 0.05) is 17.9 Å². The van der Waals surface area contributed by atoms with Crippen LogP contribution in [0.1, 0.15) is 329 Å². The Balaban J connectivity index is -0.000000441. The van der Waals surface area contributed by atoms with Gasteiger partial charge in [-0.15, -0.1) is 0 Å². The van der Waals surface area contributed by atoms with Gasteiger partial charge in [-0.1, -0.05) is 250 Å². The number of carboxylic acid groups (broad SMARTS) is 3. The smallest absolute Gasteiger partial charge is 0.550 e. The summed E-state index contributed by atoms with van der Waals surface area (Å²) in [5, 5.41) is 30.7. The second-order valence-corrected chi connectivity index (χ2v) is 19.2. The van der Waals surface area contributed by atoms with Gasteiger partial charge in [-0.3, -0.25) is 0 Å². The van der Waals surface area contributed by atoms with Crippen LogP contribution >= 0.6 is 0 Å². The molecule has 0 saturated carbocycles. The van der Waals surface area contributed by atoms with E-state index < -0.39 is 17.9 Å². The predicted octanol–water partition coefficient (Wildman–Crippen LogP) is 16.7. The molecule has 0 aliphatic heterocycles. The molecule has 0 aliphatic carbocycles. The van der Waals surface area contributed by atoms with Crippen molar-refractivity contribution in [1.29, 1.82) is 0 Å². The van der Waals surface area contributed by atoms with Crippen molar-refractivity contribution in [2.45, 2.75) is 329 Å². The summed E-state index contributed by atoms with van der Waals surface area (Å²) in [6.07, 6.45) is 71.5. The Morgan fingerprint density at radius 2 is 0.373 bits per heavy atom. The number of allylic oxidation sites excluding steroid dienone is 6. The second kappa shape index (κ2) is 69.2. The summed E-state index contributed by atoms with van der Waals surface area (Å²) in [5.74, 6) is -2.73. The molecule has 6 nitrogen and oxygen atoms in total. The maximum Gasteiger partial charge on any atom is 3.00 e. The van der Waals surface area contributed by atoms with E-state index in [0.29, 0.717) is 0 Å². The first-order chi connectivity index (χ1) is 32.3. The fraction of sp³-hybridized carbons (Fsp3) is 0.850. The fourth-order valence-electron chi connectivity index (χ4n) is 8.08. The third-order valence-corrected chi connectivity index (χ3v) is 12.4. The molecule has 0 amide bonds. The zero-order valence-electron chi connectivity index (χ0n) is 44.7. The molecule has 0 bridgehead atoms. The van der Waals surface area contributed by atoms with Crippen LogP contribution < -0.4 is 15.3 Å². The van der Waals surface area contributed by atoms with Crippen LogP contribution in [0.2, 0.25) is 0 Å². The van der Waals surface area contributed by atoms with Gasteiger partial charge in [0.05, 0.1) is 0 Å². The molecular formula is C60H111DyO6. The van der Waals surface area contributed by atoms with Gasteiger partial charge in [0.1, 0.15) is 0 Å². The van der Waals surface area contributed by atoms with Gasteiger partial charge in [-0.2, -0.15) is 0 Å². The molecule has 0 rings (SSSR count). The summed E-state index contributed by atoms with van der Waals surface area (Å²) in [7, 11) is 0. The molecule has 0 aromatic rings. The zero-order chi connectivity index (χ0) is 48.9. The third-order valence-electron chi connectivity index (χ3n) is 12.4. The average molecular weight is 1090 g/mol. The first-order valence-electron chi connectivity index (χ1n) is 28.9. The Labute approximate surface area is 448 Å². The van der Waals surface area contributed by atoms with Gasteiger partial charge in [-0.05, 0) is 116 Å². The van der Waals surface area contributed by atoms with E-state index in [9.17, 15) is 29.7 Å². The SMILES string of the molecule is CCCCCCCC/C=C\CCCCCCCCCC(=O)[O-].CCCCCCCC/C=C\CCCCCCCCCC(=O)[O-].CCCCCCCC/C=C\CCCCCCCCCC(=O)[O-].[Dy+3]. The van der Waals surface area contributed by atoms with Gasteiger partial charge in [0.25, 0.3) is 0 Å². The fourth-order valence-corrected chi connectivity index (χ4v) is 8.08. The predicted molar refractivity (Wildman–Crippen MR) is 281 cm³/mol. The topological polar surface area (TPSA) is 120 Å². The maximum absolute atomic E-state index is 10.2. The number of carbonyl (C=O) groups excluding carboxylic acids is 3. The number of carboxylic acids is 3. The number of hydrogen-bond donors (Lipinski definition) is 0. The van der Waals surface area contributed by atoms with Crippen LogP contribution in [0.5, 0.6) is 0 Å². The minimum Gasteiger partial charge on any atom is -0.550 e. The first-order valence-corrected chi connectivity index (χ1v) is 28.9. The minimum absolute atomic E-state index is 0. The normalized spacial score (nSPS) is 11.1. The van der Waals surface area contributed by atoms with Gasteiger partial charge >= 0.3 is 38.2 Å². The van der Waals surface area contributed by atoms with Crippen LogP contribution in [0.3, 0.4) is 0 Å². The molecule has 0 N–H and O–H groups in total. The summed E-state index contributed by atoms with van der Waals surface area (Å²) in [6.45, 7) is 6.79. The van der Waals surface area contributed by atoms with Crippen molar-refractivity contribution < 1.29 is 67.9 Å². The Bertz CT molecular complexity index is 911. The molecule has 397 valence electrons. The summed E-state index contributed by atoms with van der Waals surface area (Å²) >= 11 is 0. The molecule has 67 heavy (non-hydrogen) atoms. The summed E-state index contributed by atoms with van der Waals surface area (Å²) < 4.78 is 0. The van der Waals surface area contributed by atoms with Gasteiger partial charge < -0.3 is 29.7 Å². The van der Waals surface area contributed by atoms with Crippen molar-refractivity contribution >= 4 is 17.9 Å². The molecule has 0 heterocycles. The molecule has 0 fully saturated rings. The number of hydrogen-bond acceptors (Lipinski definition) is 6. The number of aliphatic carboxylic acids is 3. The van der Waals surface area contributed by atoms with Crippen LogP contribution in [0, 0.1) is 38.2 Å². The number of rotatable bonds is 51. The summed E-state index contributed by atoms with van der Waals surface area (Å²) in [5.41, 5.74) is 0. The molecule has 0 unspecified atom stereocenters. The van der Waals surface area contributed by atoms with E-state index in [1.54, 1.807) is 0 Å². The van der Waals surface area contributed by atoms with Crippen molar-refractivity contribution in [2.24, 2.45) is 0 Å². The number of carbonyl (C=O) groups is 3. The average Bonchev–Trinajstić information content (AvgIpc) is 3.29. The Hall–Kier alpha value is -1.10. The molecule has 0 atom stereocenters. The molecule has 0 aliphatic rings. The molecule has 0 saturated heterocycles. The summed E-state index contributed by atoms with van der Waals surface area (Å²) in [6, 6.07) is 0. The van der Waals surface area contributed by atoms with Crippen LogP contribution in [0.4, 0.5) is 0 Å². The van der Waals surface area contributed by atoms with Gasteiger partial charge in [0.15, 0.2) is 0 Å². The minimum atomic E-state index is -0.909. The molecule has 0 aromatic carbocycles. The van der Waals surface area contributed by atoms with Crippen LogP contribution in [-0.2, 0) is 14.4 Å². The van der Waals surface area contributed by atoms with Gasteiger partial charge in [-0.25, -0.2) is 0 Å². The molecule has 0 aromatic heterocycles. The van der Waals surface area contributed by atoms with E-state index >= 15 is 0 Å². The second-order valence-electron chi connectivity index (χ2n) is 19.2. The quantitative estimate of drug-likeness (QED) is 0.0442. The van der Waals surface area contributed by atoms with Crippen LogP contribution in [-0.4, -0.2) is 17.9 Å². The molecule has 0 spiro atoms. The first kappa shape index (κ1) is 72.4. The Morgan fingerprint density at radius 3 is 0.522 bits per heavy atom. The van der Waals surface area contributed by atoms with E-state index in [1.807, 2.05) is 0 Å². The van der Waals surface area contributed by atoms with Crippen molar-refractivity contribution in [3.8, 4) is 0 Å². The van der Waals surface area contributed by atoms with Crippen LogP contribution in [0.25, 0.3) is 0 Å². The third kappa shape index (κ3) is 82.2. The molecule has 7 heteroatoms.